The van der Waals surface area contributed by atoms with Gasteiger partial charge >= 0.3 is 0 Å². The number of benzene rings is 1. The molecule has 7 heteroatoms. The number of rotatable bonds is 4. The second-order valence-corrected chi connectivity index (χ2v) is 7.10. The van der Waals surface area contributed by atoms with Gasteiger partial charge in [0.1, 0.15) is 5.71 Å². The normalized spacial score (nSPS) is 15.2. The van der Waals surface area contributed by atoms with Gasteiger partial charge in [0.05, 0.1) is 35.9 Å². The summed E-state index contributed by atoms with van der Waals surface area (Å²) in [6.07, 6.45) is 8.93. The lowest BCUT2D eigenvalue weighted by Crippen LogP contribution is -2.33. The van der Waals surface area contributed by atoms with Crippen molar-refractivity contribution in [2.24, 2.45) is 9.98 Å². The second-order valence-electron chi connectivity index (χ2n) is 7.10. The lowest BCUT2D eigenvalue weighted by molar-refractivity contribution is -0.115. The highest BCUT2D eigenvalue weighted by molar-refractivity contribution is 6.41. The first-order valence-corrected chi connectivity index (χ1v) is 9.44. The summed E-state index contributed by atoms with van der Waals surface area (Å²) in [6, 6.07) is 7.84. The molecule has 1 N–H and O–H groups in total. The summed E-state index contributed by atoms with van der Waals surface area (Å²) in [5.74, 6) is -0.178. The highest BCUT2D eigenvalue weighted by atomic mass is 16.2. The Morgan fingerprint density at radius 2 is 1.93 bits per heavy atom. The van der Waals surface area contributed by atoms with Gasteiger partial charge in [-0.1, -0.05) is 6.07 Å². The number of pyridine rings is 1. The van der Waals surface area contributed by atoms with Gasteiger partial charge in [0.15, 0.2) is 0 Å². The topological polar surface area (TPSA) is 92.5 Å². The van der Waals surface area contributed by atoms with Gasteiger partial charge in [0, 0.05) is 42.3 Å². The van der Waals surface area contributed by atoms with E-state index in [1.807, 2.05) is 25.1 Å². The molecule has 142 valence electrons. The fourth-order valence-corrected chi connectivity index (χ4v) is 3.67. The quantitative estimate of drug-likeness (QED) is 0.751. The summed E-state index contributed by atoms with van der Waals surface area (Å²) in [4.78, 5) is 34.4. The standard InChI is InChI=1S/C22H18N6O/c1-13(20-12-24-6-7-25-20)27-22(29)19-9-15-8-16-11-26-21(14-2-4-23-5-3-14)17(16)10-18(15)28-19/h2-8,10,12-13H,9,11H2,1H3,(H,27,29). The van der Waals surface area contributed by atoms with Gasteiger partial charge < -0.3 is 5.32 Å². The van der Waals surface area contributed by atoms with Crippen LogP contribution in [0.5, 0.6) is 0 Å². The summed E-state index contributed by atoms with van der Waals surface area (Å²) in [5, 5.41) is 2.96. The number of carbonyl (C=O) groups excluding carboxylic acids is 1. The maximum absolute atomic E-state index is 12.7. The Balaban J connectivity index is 1.38. The molecule has 5 rings (SSSR count). The third-order valence-corrected chi connectivity index (χ3v) is 5.17. The van der Waals surface area contributed by atoms with Gasteiger partial charge in [0.2, 0.25) is 0 Å². The van der Waals surface area contributed by atoms with Crippen molar-refractivity contribution in [2.75, 3.05) is 0 Å². The lowest BCUT2D eigenvalue weighted by atomic mass is 9.97. The third-order valence-electron chi connectivity index (χ3n) is 5.17. The molecule has 3 aromatic rings. The predicted molar refractivity (Wildman–Crippen MR) is 109 cm³/mol. The molecule has 7 nitrogen and oxygen atoms in total. The van der Waals surface area contributed by atoms with Crippen LogP contribution in [0.15, 0.2) is 65.2 Å². The van der Waals surface area contributed by atoms with Crippen LogP contribution in [0.3, 0.4) is 0 Å². The minimum absolute atomic E-state index is 0.178. The van der Waals surface area contributed by atoms with Crippen molar-refractivity contribution in [3.8, 4) is 0 Å². The van der Waals surface area contributed by atoms with Crippen LogP contribution in [0.1, 0.15) is 40.9 Å². The highest BCUT2D eigenvalue weighted by Gasteiger charge is 2.26. The fraction of sp³-hybridized carbons (Fsp3) is 0.182. The number of hydrogen-bond acceptors (Lipinski definition) is 6. The summed E-state index contributed by atoms with van der Waals surface area (Å²) in [6.45, 7) is 2.53. The molecule has 0 bridgehead atoms. The monoisotopic (exact) mass is 382 g/mol. The summed E-state index contributed by atoms with van der Waals surface area (Å²) < 4.78 is 0. The van der Waals surface area contributed by atoms with Crippen LogP contribution in [0, 0.1) is 0 Å². The van der Waals surface area contributed by atoms with E-state index in [9.17, 15) is 4.79 Å². The average molecular weight is 382 g/mol. The first kappa shape index (κ1) is 17.4. The molecule has 0 fully saturated rings. The molecule has 0 aliphatic carbocycles. The lowest BCUT2D eigenvalue weighted by Gasteiger charge is -2.12. The van der Waals surface area contributed by atoms with Crippen LogP contribution in [0.2, 0.25) is 0 Å². The van der Waals surface area contributed by atoms with E-state index in [2.05, 4.69) is 36.3 Å². The molecule has 2 aliphatic rings. The van der Waals surface area contributed by atoms with Gasteiger partial charge in [-0.05, 0) is 36.2 Å². The molecular formula is C22H18N6O. The Kier molecular flexibility index (Phi) is 4.20. The molecule has 2 aromatic heterocycles. The zero-order valence-electron chi connectivity index (χ0n) is 15.8. The van der Waals surface area contributed by atoms with Crippen molar-refractivity contribution in [3.05, 3.63) is 83.2 Å². The van der Waals surface area contributed by atoms with E-state index >= 15 is 0 Å². The van der Waals surface area contributed by atoms with E-state index in [1.54, 1.807) is 31.0 Å². The van der Waals surface area contributed by atoms with Crippen molar-refractivity contribution in [1.82, 2.24) is 20.3 Å². The predicted octanol–water partition coefficient (Wildman–Crippen LogP) is 2.73. The van der Waals surface area contributed by atoms with Crippen LogP contribution < -0.4 is 5.32 Å². The van der Waals surface area contributed by atoms with Gasteiger partial charge in [-0.2, -0.15) is 0 Å². The second kappa shape index (κ2) is 7.01. The van der Waals surface area contributed by atoms with Crippen LogP contribution >= 0.6 is 0 Å². The summed E-state index contributed by atoms with van der Waals surface area (Å²) in [7, 11) is 0. The third kappa shape index (κ3) is 3.20. The van der Waals surface area contributed by atoms with E-state index in [4.69, 9.17) is 0 Å². The highest BCUT2D eigenvalue weighted by Crippen LogP contribution is 2.34. The SMILES string of the molecule is CC(NC(=O)C1=Nc2cc3c(cc2C1)CN=C3c1ccncc1)c1cnccn1. The van der Waals surface area contributed by atoms with Gasteiger partial charge in [-0.25, -0.2) is 4.99 Å². The van der Waals surface area contributed by atoms with Crippen molar-refractivity contribution in [3.63, 3.8) is 0 Å². The van der Waals surface area contributed by atoms with Crippen molar-refractivity contribution in [2.45, 2.75) is 25.9 Å². The van der Waals surface area contributed by atoms with Gasteiger partial charge in [-0.15, -0.1) is 0 Å². The number of nitrogens with zero attached hydrogens (tertiary/aromatic N) is 5. The van der Waals surface area contributed by atoms with E-state index in [1.165, 1.54) is 5.56 Å². The average Bonchev–Trinajstić information content (AvgIpc) is 3.36. The Morgan fingerprint density at radius 1 is 1.07 bits per heavy atom. The molecule has 1 aromatic carbocycles. The molecule has 1 unspecified atom stereocenters. The Bertz CT molecular complexity index is 1150. The molecule has 0 saturated heterocycles. The molecule has 2 aliphatic heterocycles. The van der Waals surface area contributed by atoms with Crippen molar-refractivity contribution in [1.29, 1.82) is 0 Å². The van der Waals surface area contributed by atoms with E-state index in [-0.39, 0.29) is 11.9 Å². The minimum Gasteiger partial charge on any atom is -0.343 e. The van der Waals surface area contributed by atoms with Crippen LogP contribution in [-0.4, -0.2) is 32.3 Å². The number of fused-ring (bicyclic) bond motifs is 2. The number of aliphatic imine (C=N–C) groups is 2. The fourth-order valence-electron chi connectivity index (χ4n) is 3.67. The zero-order valence-corrected chi connectivity index (χ0v) is 15.8. The molecule has 4 heterocycles. The molecule has 1 amide bonds. The Hall–Kier alpha value is -3.74. The molecular weight excluding hydrogens is 364 g/mol. The molecule has 29 heavy (non-hydrogen) atoms. The number of aromatic nitrogens is 3. The van der Waals surface area contributed by atoms with E-state index < -0.39 is 0 Å². The van der Waals surface area contributed by atoms with Crippen LogP contribution in [0.25, 0.3) is 0 Å². The maximum Gasteiger partial charge on any atom is 0.266 e. The van der Waals surface area contributed by atoms with Crippen LogP contribution in [-0.2, 0) is 17.8 Å². The Morgan fingerprint density at radius 3 is 2.72 bits per heavy atom. The van der Waals surface area contributed by atoms with Crippen LogP contribution in [0.4, 0.5) is 5.69 Å². The van der Waals surface area contributed by atoms with Gasteiger partial charge in [-0.3, -0.25) is 24.7 Å². The largest absolute Gasteiger partial charge is 0.343 e. The van der Waals surface area contributed by atoms with Gasteiger partial charge in [0.25, 0.3) is 5.91 Å². The van der Waals surface area contributed by atoms with E-state index in [0.29, 0.717) is 24.4 Å². The smallest absolute Gasteiger partial charge is 0.266 e. The number of nitrogens with one attached hydrogen (secondary N) is 1. The number of carbonyl (C=O) groups is 1. The first-order chi connectivity index (χ1) is 14.2. The number of amides is 1. The number of hydrogen-bond donors (Lipinski definition) is 1. The summed E-state index contributed by atoms with van der Waals surface area (Å²) >= 11 is 0. The Labute approximate surface area is 167 Å². The van der Waals surface area contributed by atoms with E-state index in [0.717, 1.165) is 28.1 Å². The zero-order chi connectivity index (χ0) is 19.8. The molecule has 0 radical (unpaired) electrons. The molecule has 0 spiro atoms. The van der Waals surface area contributed by atoms with Crippen molar-refractivity contribution >= 4 is 23.0 Å². The van der Waals surface area contributed by atoms with Crippen molar-refractivity contribution < 1.29 is 4.79 Å². The molecule has 1 atom stereocenters. The maximum atomic E-state index is 12.7. The minimum atomic E-state index is -0.238. The summed E-state index contributed by atoms with van der Waals surface area (Å²) in [5.41, 5.74) is 7.37. The molecule has 0 saturated carbocycles. The first-order valence-electron chi connectivity index (χ1n) is 9.44.